The minimum Gasteiger partial charge on any atom is -0.480 e. The number of fused-ring (bicyclic) bond motifs is 1. The highest BCUT2D eigenvalue weighted by atomic mass is 16.4. The molecular weight excluding hydrogens is 174 g/mol. The van der Waals surface area contributed by atoms with Crippen molar-refractivity contribution < 1.29 is 9.90 Å². The van der Waals surface area contributed by atoms with Gasteiger partial charge in [0.15, 0.2) is 0 Å². The topological polar surface area (TPSA) is 88.0 Å². The van der Waals surface area contributed by atoms with Gasteiger partial charge < -0.3 is 5.11 Å². The van der Waals surface area contributed by atoms with Gasteiger partial charge >= 0.3 is 11.7 Å². The maximum absolute atomic E-state index is 11.2. The summed E-state index contributed by atoms with van der Waals surface area (Å²) in [6.07, 6.45) is 1.94. The first-order valence-corrected chi connectivity index (χ1v) is 4.08. The van der Waals surface area contributed by atoms with Crippen LogP contribution in [0.25, 0.3) is 0 Å². The van der Waals surface area contributed by atoms with E-state index >= 15 is 0 Å². The zero-order chi connectivity index (χ0) is 9.42. The Hall–Kier alpha value is -1.59. The van der Waals surface area contributed by atoms with Crippen molar-refractivity contribution in [1.29, 1.82) is 0 Å². The molecule has 1 aromatic heterocycles. The number of carboxylic acid groups (broad SMARTS) is 1. The van der Waals surface area contributed by atoms with Gasteiger partial charge in [0.1, 0.15) is 11.9 Å². The molecule has 0 bridgehead atoms. The van der Waals surface area contributed by atoms with Gasteiger partial charge in [0.2, 0.25) is 0 Å². The number of carboxylic acids is 1. The molecule has 0 saturated carbocycles. The molecule has 1 aliphatic rings. The van der Waals surface area contributed by atoms with Crippen molar-refractivity contribution in [3.05, 3.63) is 16.3 Å². The SMILES string of the molecule is O=C(O)[C@@H]1CCCc2n[nH]c(=O)n21. The summed E-state index contributed by atoms with van der Waals surface area (Å²) in [5.74, 6) is -0.423. The number of hydrogen-bond acceptors (Lipinski definition) is 3. The van der Waals surface area contributed by atoms with E-state index < -0.39 is 17.7 Å². The fourth-order valence-electron chi connectivity index (χ4n) is 1.65. The number of H-pyrrole nitrogens is 1. The van der Waals surface area contributed by atoms with Crippen molar-refractivity contribution in [3.8, 4) is 0 Å². The van der Waals surface area contributed by atoms with E-state index in [1.54, 1.807) is 0 Å². The van der Waals surface area contributed by atoms with Crippen molar-refractivity contribution in [2.75, 3.05) is 0 Å². The Labute approximate surface area is 73.2 Å². The minimum atomic E-state index is -0.968. The van der Waals surface area contributed by atoms with Crippen molar-refractivity contribution in [2.45, 2.75) is 25.3 Å². The first-order valence-electron chi connectivity index (χ1n) is 4.08. The average Bonchev–Trinajstić information content (AvgIpc) is 2.48. The van der Waals surface area contributed by atoms with Crippen LogP contribution in [-0.4, -0.2) is 25.8 Å². The average molecular weight is 183 g/mol. The summed E-state index contributed by atoms with van der Waals surface area (Å²) in [6.45, 7) is 0. The van der Waals surface area contributed by atoms with Gasteiger partial charge in [0.25, 0.3) is 0 Å². The van der Waals surface area contributed by atoms with E-state index in [9.17, 15) is 9.59 Å². The molecule has 2 heterocycles. The molecule has 70 valence electrons. The summed E-state index contributed by atoms with van der Waals surface area (Å²) >= 11 is 0. The lowest BCUT2D eigenvalue weighted by Crippen LogP contribution is -2.32. The smallest absolute Gasteiger partial charge is 0.344 e. The third kappa shape index (κ3) is 1.14. The molecule has 0 radical (unpaired) electrons. The normalized spacial score (nSPS) is 21.1. The second-order valence-corrected chi connectivity index (χ2v) is 3.06. The summed E-state index contributed by atoms with van der Waals surface area (Å²) in [5.41, 5.74) is -0.429. The van der Waals surface area contributed by atoms with Gasteiger partial charge in [-0.15, -0.1) is 0 Å². The third-order valence-corrected chi connectivity index (χ3v) is 2.25. The molecular formula is C7H9N3O3. The Bertz CT molecular complexity index is 392. The number of rotatable bonds is 1. The lowest BCUT2D eigenvalue weighted by atomic mass is 10.1. The molecule has 0 saturated heterocycles. The standard InChI is InChI=1S/C7H9N3O3/c11-6(12)4-2-1-3-5-8-9-7(13)10(4)5/h4H,1-3H2,(H,9,13)(H,11,12)/t4-/m0/s1. The van der Waals surface area contributed by atoms with E-state index in [0.29, 0.717) is 18.7 Å². The summed E-state index contributed by atoms with van der Waals surface area (Å²) in [7, 11) is 0. The van der Waals surface area contributed by atoms with Gasteiger partial charge in [-0.25, -0.2) is 14.7 Å². The monoisotopic (exact) mass is 183 g/mol. The predicted molar refractivity (Wildman–Crippen MR) is 42.5 cm³/mol. The summed E-state index contributed by atoms with van der Waals surface area (Å²) in [6, 6.07) is -0.741. The zero-order valence-electron chi connectivity index (χ0n) is 6.86. The number of aromatic amines is 1. The number of aliphatic carboxylic acids is 1. The van der Waals surface area contributed by atoms with Crippen LogP contribution >= 0.6 is 0 Å². The van der Waals surface area contributed by atoms with Gasteiger partial charge in [-0.05, 0) is 12.8 Å². The van der Waals surface area contributed by atoms with Crippen molar-refractivity contribution in [1.82, 2.24) is 14.8 Å². The highest BCUT2D eigenvalue weighted by Crippen LogP contribution is 2.20. The molecule has 0 aromatic carbocycles. The van der Waals surface area contributed by atoms with Crippen LogP contribution in [0.4, 0.5) is 0 Å². The molecule has 13 heavy (non-hydrogen) atoms. The molecule has 2 rings (SSSR count). The van der Waals surface area contributed by atoms with Gasteiger partial charge in [0.05, 0.1) is 0 Å². The number of nitrogens with one attached hydrogen (secondary N) is 1. The second-order valence-electron chi connectivity index (χ2n) is 3.06. The lowest BCUT2D eigenvalue weighted by Gasteiger charge is -2.19. The van der Waals surface area contributed by atoms with Crippen LogP contribution in [0.5, 0.6) is 0 Å². The molecule has 1 aliphatic heterocycles. The Balaban J connectivity index is 2.52. The molecule has 2 N–H and O–H groups in total. The van der Waals surface area contributed by atoms with Crippen LogP contribution < -0.4 is 5.69 Å². The zero-order valence-corrected chi connectivity index (χ0v) is 6.86. The third-order valence-electron chi connectivity index (χ3n) is 2.25. The first-order chi connectivity index (χ1) is 6.20. The maximum Gasteiger partial charge on any atom is 0.344 e. The Kier molecular flexibility index (Phi) is 1.68. The van der Waals surface area contributed by atoms with Crippen molar-refractivity contribution in [2.24, 2.45) is 0 Å². The number of aromatic nitrogens is 3. The summed E-state index contributed by atoms with van der Waals surface area (Å²) in [5, 5.41) is 14.8. The predicted octanol–water partition coefficient (Wildman–Crippen LogP) is -0.467. The molecule has 6 nitrogen and oxygen atoms in total. The number of nitrogens with zero attached hydrogens (tertiary/aromatic N) is 2. The minimum absolute atomic E-state index is 0.429. The lowest BCUT2D eigenvalue weighted by molar-refractivity contribution is -0.141. The molecule has 0 aliphatic carbocycles. The van der Waals surface area contributed by atoms with Crippen LogP contribution in [0.3, 0.4) is 0 Å². The fraction of sp³-hybridized carbons (Fsp3) is 0.571. The highest BCUT2D eigenvalue weighted by Gasteiger charge is 2.28. The van der Waals surface area contributed by atoms with Gasteiger partial charge in [-0.1, -0.05) is 0 Å². The first kappa shape index (κ1) is 8.03. The second kappa shape index (κ2) is 2.72. The van der Waals surface area contributed by atoms with Gasteiger partial charge in [-0.2, -0.15) is 5.10 Å². The molecule has 0 fully saturated rings. The van der Waals surface area contributed by atoms with E-state index in [4.69, 9.17) is 5.11 Å². The molecule has 0 amide bonds. The van der Waals surface area contributed by atoms with E-state index in [-0.39, 0.29) is 0 Å². The van der Waals surface area contributed by atoms with Crippen LogP contribution in [-0.2, 0) is 11.2 Å². The van der Waals surface area contributed by atoms with Crippen LogP contribution in [0.2, 0.25) is 0 Å². The van der Waals surface area contributed by atoms with E-state index in [2.05, 4.69) is 10.2 Å². The highest BCUT2D eigenvalue weighted by molar-refractivity contribution is 5.72. The largest absolute Gasteiger partial charge is 0.480 e. The van der Waals surface area contributed by atoms with E-state index in [1.165, 1.54) is 4.57 Å². The van der Waals surface area contributed by atoms with Crippen LogP contribution in [0.15, 0.2) is 4.79 Å². The summed E-state index contributed by atoms with van der Waals surface area (Å²) in [4.78, 5) is 21.9. The Morgan fingerprint density at radius 1 is 1.69 bits per heavy atom. The molecule has 6 heteroatoms. The number of hydrogen-bond donors (Lipinski definition) is 2. The Morgan fingerprint density at radius 2 is 2.46 bits per heavy atom. The maximum atomic E-state index is 11.2. The van der Waals surface area contributed by atoms with Gasteiger partial charge in [-0.3, -0.25) is 4.57 Å². The van der Waals surface area contributed by atoms with E-state index in [1.807, 2.05) is 0 Å². The fourth-order valence-corrected chi connectivity index (χ4v) is 1.65. The number of aryl methyl sites for hydroxylation is 1. The molecule has 0 spiro atoms. The van der Waals surface area contributed by atoms with Crippen molar-refractivity contribution >= 4 is 5.97 Å². The molecule has 1 aromatic rings. The Morgan fingerprint density at radius 3 is 3.15 bits per heavy atom. The molecule has 1 atom stereocenters. The van der Waals surface area contributed by atoms with Gasteiger partial charge in [0, 0.05) is 6.42 Å². The molecule has 0 unspecified atom stereocenters. The van der Waals surface area contributed by atoms with E-state index in [0.717, 1.165) is 6.42 Å². The van der Waals surface area contributed by atoms with Crippen LogP contribution in [0.1, 0.15) is 24.7 Å². The van der Waals surface area contributed by atoms with Crippen molar-refractivity contribution in [3.63, 3.8) is 0 Å². The van der Waals surface area contributed by atoms with Crippen LogP contribution in [0, 0.1) is 0 Å². The number of carbonyl (C=O) groups is 1. The quantitative estimate of drug-likeness (QED) is 0.616. The summed E-state index contributed by atoms with van der Waals surface area (Å²) < 4.78 is 1.23.